The molecule has 1 rings (SSSR count). The molecule has 0 radical (unpaired) electrons. The van der Waals surface area contributed by atoms with Crippen molar-refractivity contribution < 1.29 is 0 Å². The van der Waals surface area contributed by atoms with Crippen LogP contribution in [0.3, 0.4) is 0 Å². The van der Waals surface area contributed by atoms with Crippen molar-refractivity contribution in [2.45, 2.75) is 20.3 Å². The minimum atomic E-state index is 0.753. The van der Waals surface area contributed by atoms with Gasteiger partial charge >= 0.3 is 72.8 Å². The van der Waals surface area contributed by atoms with Crippen LogP contribution in [0.5, 0.6) is 0 Å². The summed E-state index contributed by atoms with van der Waals surface area (Å²) in [7, 11) is 0. The second-order valence-corrected chi connectivity index (χ2v) is 5.45. The number of hydrogen-bond acceptors (Lipinski definition) is 0. The molecule has 0 bridgehead atoms. The van der Waals surface area contributed by atoms with Crippen LogP contribution in [0, 0.1) is 5.92 Å². The first-order valence-electron chi connectivity index (χ1n) is 3.37. The molecule has 0 heterocycles. The first kappa shape index (κ1) is 7.51. The van der Waals surface area contributed by atoms with Gasteiger partial charge in [-0.2, -0.15) is 0 Å². The van der Waals surface area contributed by atoms with Crippen molar-refractivity contribution in [1.29, 1.82) is 0 Å². The molecule has 0 unspecified atom stereocenters. The summed E-state index contributed by atoms with van der Waals surface area (Å²) < 4.78 is 1.71. The Bertz CT molecular complexity index is 163. The maximum atomic E-state index is 2.29. The molecule has 1 aliphatic rings. The molecular formula is C8H11Tl. The van der Waals surface area contributed by atoms with E-state index in [4.69, 9.17) is 0 Å². The third-order valence-electron chi connectivity index (χ3n) is 1.63. The van der Waals surface area contributed by atoms with Gasteiger partial charge in [-0.15, -0.1) is 0 Å². The third kappa shape index (κ3) is 1.66. The molecule has 0 saturated heterocycles. The molecule has 0 aromatic heterocycles. The van der Waals surface area contributed by atoms with Gasteiger partial charge in [0.25, 0.3) is 0 Å². The quantitative estimate of drug-likeness (QED) is 0.650. The van der Waals surface area contributed by atoms with Crippen LogP contribution in [0.2, 0.25) is 0 Å². The van der Waals surface area contributed by atoms with Crippen LogP contribution in [-0.4, -0.2) is 25.8 Å². The van der Waals surface area contributed by atoms with Crippen LogP contribution in [0.25, 0.3) is 0 Å². The second kappa shape index (κ2) is 2.99. The zero-order chi connectivity index (χ0) is 6.85. The minimum absolute atomic E-state index is 0.753. The van der Waals surface area contributed by atoms with Crippen molar-refractivity contribution in [2.24, 2.45) is 5.92 Å². The van der Waals surface area contributed by atoms with E-state index in [-0.39, 0.29) is 0 Å². The molecule has 0 N–H and O–H groups in total. The molecule has 0 atom stereocenters. The summed E-state index contributed by atoms with van der Waals surface area (Å²) >= 11 is 1.06. The van der Waals surface area contributed by atoms with Crippen LogP contribution < -0.4 is 0 Å². The third-order valence-corrected chi connectivity index (χ3v) is 3.84. The van der Waals surface area contributed by atoms with Crippen molar-refractivity contribution >= 4 is 25.8 Å². The van der Waals surface area contributed by atoms with Crippen LogP contribution in [0.4, 0.5) is 0 Å². The van der Waals surface area contributed by atoms with Gasteiger partial charge in [-0.05, 0) is 0 Å². The first-order chi connectivity index (χ1) is 4.22. The van der Waals surface area contributed by atoms with E-state index in [9.17, 15) is 0 Å². The van der Waals surface area contributed by atoms with Gasteiger partial charge in [0.15, 0.2) is 0 Å². The molecule has 1 aliphatic carbocycles. The molecular weight excluding hydrogens is 300 g/mol. The summed E-state index contributed by atoms with van der Waals surface area (Å²) in [6.45, 7) is 4.54. The van der Waals surface area contributed by atoms with E-state index < -0.39 is 0 Å². The Labute approximate surface area is 72.7 Å². The number of hydrogen-bond donors (Lipinski definition) is 0. The molecule has 0 fully saturated rings. The monoisotopic (exact) mass is 312 g/mol. The van der Waals surface area contributed by atoms with E-state index in [0.717, 1.165) is 31.7 Å². The van der Waals surface area contributed by atoms with Gasteiger partial charge in [0, 0.05) is 0 Å². The zero-order valence-electron chi connectivity index (χ0n) is 6.02. The van der Waals surface area contributed by atoms with Crippen molar-refractivity contribution in [2.75, 3.05) is 0 Å². The van der Waals surface area contributed by atoms with Gasteiger partial charge in [0.2, 0.25) is 0 Å². The average Bonchev–Trinajstić information content (AvgIpc) is 2.13. The molecule has 0 spiro atoms. The second-order valence-electron chi connectivity index (χ2n) is 2.74. The van der Waals surface area contributed by atoms with E-state index in [2.05, 4.69) is 26.0 Å². The van der Waals surface area contributed by atoms with Crippen molar-refractivity contribution in [1.82, 2.24) is 0 Å². The Morgan fingerprint density at radius 3 is 2.44 bits per heavy atom. The van der Waals surface area contributed by atoms with E-state index in [0.29, 0.717) is 0 Å². The topological polar surface area (TPSA) is 0 Å². The predicted octanol–water partition coefficient (Wildman–Crippen LogP) is 2.02. The standard InChI is InChI=1S/C8H11.Tl/c1-7(2)8-5-3-4-6-8;/h3,5,7H,4H2,1-2H3;. The van der Waals surface area contributed by atoms with Gasteiger partial charge in [-0.3, -0.25) is 0 Å². The summed E-state index contributed by atoms with van der Waals surface area (Å²) in [5.74, 6) is 0.753. The molecule has 0 saturated carbocycles. The SMILES string of the molecule is CC(C)C1=[C]([Tl])CC=C1. The molecule has 0 nitrogen and oxygen atoms in total. The molecule has 0 aromatic carbocycles. The first-order valence-corrected chi connectivity index (χ1v) is 5.61. The summed E-state index contributed by atoms with van der Waals surface area (Å²) in [6, 6.07) is 0. The van der Waals surface area contributed by atoms with E-state index in [1.165, 1.54) is 6.42 Å². The van der Waals surface area contributed by atoms with Crippen molar-refractivity contribution in [3.8, 4) is 0 Å². The summed E-state index contributed by atoms with van der Waals surface area (Å²) in [6.07, 6.45) is 5.82. The molecule has 0 aromatic rings. The van der Waals surface area contributed by atoms with Crippen LogP contribution in [-0.2, 0) is 0 Å². The zero-order valence-corrected chi connectivity index (χ0v) is 10.5. The Hall–Kier alpha value is 0.402. The number of allylic oxidation sites excluding steroid dienone is 4. The van der Waals surface area contributed by atoms with Gasteiger partial charge in [-0.1, -0.05) is 0 Å². The van der Waals surface area contributed by atoms with E-state index in [1.54, 1.807) is 8.71 Å². The Morgan fingerprint density at radius 2 is 2.22 bits per heavy atom. The summed E-state index contributed by atoms with van der Waals surface area (Å²) in [5.41, 5.74) is 1.61. The molecule has 1 heteroatoms. The fourth-order valence-corrected chi connectivity index (χ4v) is 3.30. The van der Waals surface area contributed by atoms with Crippen LogP contribution in [0.15, 0.2) is 20.9 Å². The Morgan fingerprint density at radius 1 is 1.56 bits per heavy atom. The Kier molecular flexibility index (Phi) is 2.50. The summed E-state index contributed by atoms with van der Waals surface area (Å²) in [5, 5.41) is 0. The van der Waals surface area contributed by atoms with E-state index in [1.807, 2.05) is 0 Å². The fourth-order valence-electron chi connectivity index (χ4n) is 1.10. The van der Waals surface area contributed by atoms with Crippen molar-refractivity contribution in [3.05, 3.63) is 20.9 Å². The normalized spacial score (nSPS) is 18.0. The molecule has 46 valence electrons. The van der Waals surface area contributed by atoms with Crippen molar-refractivity contribution in [3.63, 3.8) is 0 Å². The molecule has 0 amide bonds. The van der Waals surface area contributed by atoms with E-state index >= 15 is 0 Å². The fraction of sp³-hybridized carbons (Fsp3) is 0.500. The van der Waals surface area contributed by atoms with Crippen LogP contribution >= 0.6 is 0 Å². The van der Waals surface area contributed by atoms with Gasteiger partial charge in [0.05, 0.1) is 0 Å². The van der Waals surface area contributed by atoms with Gasteiger partial charge in [0.1, 0.15) is 0 Å². The number of rotatable bonds is 1. The molecule has 9 heavy (non-hydrogen) atoms. The Balaban J connectivity index is 2.77. The average molecular weight is 312 g/mol. The summed E-state index contributed by atoms with van der Waals surface area (Å²) in [4.78, 5) is 0. The molecule has 0 aliphatic heterocycles. The maximum absolute atomic E-state index is 2.29. The van der Waals surface area contributed by atoms with Gasteiger partial charge < -0.3 is 0 Å². The predicted molar refractivity (Wildman–Crippen MR) is 41.4 cm³/mol. The van der Waals surface area contributed by atoms with Crippen LogP contribution in [0.1, 0.15) is 20.3 Å². The van der Waals surface area contributed by atoms with Gasteiger partial charge in [-0.25, -0.2) is 0 Å².